The number of carbonyl (C=O) groups is 1. The summed E-state index contributed by atoms with van der Waals surface area (Å²) in [5.74, 6) is -0.0125. The third-order valence-corrected chi connectivity index (χ3v) is 5.47. The SMILES string of the molecule is CCCCC/C=C\C/C=C\CCCCCCCC(=O)OCCC1CCCCN1. The van der Waals surface area contributed by atoms with Crippen LogP contribution in [0.25, 0.3) is 0 Å². The molecule has 0 saturated carbocycles. The first-order valence-electron chi connectivity index (χ1n) is 12.0. The molecule has 1 aliphatic rings. The third kappa shape index (κ3) is 15.9. The molecule has 0 amide bonds. The van der Waals surface area contributed by atoms with Crippen molar-refractivity contribution in [1.29, 1.82) is 0 Å². The average molecular weight is 392 g/mol. The van der Waals surface area contributed by atoms with Gasteiger partial charge in [0.1, 0.15) is 0 Å². The summed E-state index contributed by atoms with van der Waals surface area (Å²) in [5, 5.41) is 3.49. The van der Waals surface area contributed by atoms with Gasteiger partial charge in [0.15, 0.2) is 0 Å². The van der Waals surface area contributed by atoms with E-state index < -0.39 is 0 Å². The molecule has 0 bridgehead atoms. The number of allylic oxidation sites excluding steroid dienone is 4. The topological polar surface area (TPSA) is 38.3 Å². The quantitative estimate of drug-likeness (QED) is 0.167. The van der Waals surface area contributed by atoms with Crippen LogP contribution in [0, 0.1) is 0 Å². The first-order valence-corrected chi connectivity index (χ1v) is 12.0. The normalized spacial score (nSPS) is 17.5. The Morgan fingerprint density at radius 2 is 1.64 bits per heavy atom. The van der Waals surface area contributed by atoms with E-state index in [2.05, 4.69) is 36.5 Å². The van der Waals surface area contributed by atoms with Crippen LogP contribution in [-0.4, -0.2) is 25.2 Å². The highest BCUT2D eigenvalue weighted by molar-refractivity contribution is 5.69. The van der Waals surface area contributed by atoms with Gasteiger partial charge in [-0.1, -0.05) is 69.8 Å². The molecule has 3 nitrogen and oxygen atoms in total. The summed E-state index contributed by atoms with van der Waals surface area (Å²) in [7, 11) is 0. The average Bonchev–Trinajstić information content (AvgIpc) is 2.71. The molecule has 1 aliphatic heterocycles. The predicted molar refractivity (Wildman–Crippen MR) is 121 cm³/mol. The van der Waals surface area contributed by atoms with Crippen LogP contribution in [0.4, 0.5) is 0 Å². The van der Waals surface area contributed by atoms with E-state index >= 15 is 0 Å². The van der Waals surface area contributed by atoms with Gasteiger partial charge >= 0.3 is 5.97 Å². The summed E-state index contributed by atoms with van der Waals surface area (Å²) in [6, 6.07) is 0.553. The number of nitrogens with one attached hydrogen (secondary N) is 1. The molecule has 1 rings (SSSR count). The van der Waals surface area contributed by atoms with Gasteiger partial charge in [-0.05, 0) is 64.3 Å². The lowest BCUT2D eigenvalue weighted by molar-refractivity contribution is -0.144. The fourth-order valence-corrected chi connectivity index (χ4v) is 3.64. The predicted octanol–water partition coefficient (Wildman–Crippen LogP) is 6.88. The zero-order chi connectivity index (χ0) is 20.1. The Morgan fingerprint density at radius 1 is 0.929 bits per heavy atom. The molecule has 0 radical (unpaired) electrons. The molecule has 0 spiro atoms. The van der Waals surface area contributed by atoms with Crippen molar-refractivity contribution in [3.05, 3.63) is 24.3 Å². The van der Waals surface area contributed by atoms with E-state index in [-0.39, 0.29) is 5.97 Å². The number of carbonyl (C=O) groups excluding carboxylic acids is 1. The molecule has 1 saturated heterocycles. The maximum atomic E-state index is 11.8. The highest BCUT2D eigenvalue weighted by atomic mass is 16.5. The molecule has 0 aromatic carbocycles. The number of rotatable bonds is 17. The lowest BCUT2D eigenvalue weighted by Gasteiger charge is -2.23. The standard InChI is InChI=1S/C25H45NO2/c1-2-3-4-5-6-7-8-9-10-11-12-13-14-15-16-20-25(27)28-23-21-24-19-17-18-22-26-24/h6-7,9-10,24,26H,2-5,8,11-23H2,1H3/b7-6-,10-9-. The van der Waals surface area contributed by atoms with Crippen molar-refractivity contribution in [3.8, 4) is 0 Å². The Balaban J connectivity index is 1.80. The zero-order valence-electron chi connectivity index (χ0n) is 18.4. The summed E-state index contributed by atoms with van der Waals surface area (Å²) < 4.78 is 5.37. The fraction of sp³-hybridized carbons (Fsp3) is 0.800. The molecule has 0 aromatic rings. The molecule has 1 fully saturated rings. The van der Waals surface area contributed by atoms with E-state index in [0.29, 0.717) is 19.1 Å². The number of piperidine rings is 1. The Bertz CT molecular complexity index is 411. The maximum absolute atomic E-state index is 11.8. The Hall–Kier alpha value is -1.09. The Kier molecular flexibility index (Phi) is 17.1. The zero-order valence-corrected chi connectivity index (χ0v) is 18.4. The van der Waals surface area contributed by atoms with E-state index in [1.165, 1.54) is 70.6 Å². The first-order chi connectivity index (χ1) is 13.8. The van der Waals surface area contributed by atoms with Crippen molar-refractivity contribution in [3.63, 3.8) is 0 Å². The van der Waals surface area contributed by atoms with Crippen LogP contribution in [0.5, 0.6) is 0 Å². The van der Waals surface area contributed by atoms with E-state index in [1.807, 2.05) is 0 Å². The van der Waals surface area contributed by atoms with Crippen molar-refractivity contribution >= 4 is 5.97 Å². The lowest BCUT2D eigenvalue weighted by Crippen LogP contribution is -2.34. The molecule has 0 aromatic heterocycles. The summed E-state index contributed by atoms with van der Waals surface area (Å²) in [5.41, 5.74) is 0. The van der Waals surface area contributed by atoms with Gasteiger partial charge in [-0.2, -0.15) is 0 Å². The number of hydrogen-bond acceptors (Lipinski definition) is 3. The van der Waals surface area contributed by atoms with Crippen LogP contribution in [0.15, 0.2) is 24.3 Å². The van der Waals surface area contributed by atoms with Crippen LogP contribution in [0.1, 0.15) is 110 Å². The van der Waals surface area contributed by atoms with Gasteiger partial charge in [0.25, 0.3) is 0 Å². The number of unbranched alkanes of at least 4 members (excludes halogenated alkanes) is 8. The molecule has 1 N–H and O–H groups in total. The van der Waals surface area contributed by atoms with Crippen LogP contribution >= 0.6 is 0 Å². The van der Waals surface area contributed by atoms with Gasteiger partial charge in [0, 0.05) is 12.5 Å². The minimum absolute atomic E-state index is 0.0125. The third-order valence-electron chi connectivity index (χ3n) is 5.47. The summed E-state index contributed by atoms with van der Waals surface area (Å²) >= 11 is 0. The van der Waals surface area contributed by atoms with Crippen molar-refractivity contribution in [2.75, 3.05) is 13.2 Å². The van der Waals surface area contributed by atoms with Gasteiger partial charge in [0.05, 0.1) is 6.61 Å². The molecule has 162 valence electrons. The second-order valence-electron chi connectivity index (χ2n) is 8.14. The molecule has 3 heteroatoms. The largest absolute Gasteiger partial charge is 0.466 e. The lowest BCUT2D eigenvalue weighted by atomic mass is 10.0. The smallest absolute Gasteiger partial charge is 0.305 e. The molecule has 1 heterocycles. The molecule has 1 unspecified atom stereocenters. The molecular weight excluding hydrogens is 346 g/mol. The van der Waals surface area contributed by atoms with E-state index in [1.54, 1.807) is 0 Å². The van der Waals surface area contributed by atoms with E-state index in [4.69, 9.17) is 4.74 Å². The fourth-order valence-electron chi connectivity index (χ4n) is 3.64. The second-order valence-corrected chi connectivity index (χ2v) is 8.14. The molecule has 1 atom stereocenters. The van der Waals surface area contributed by atoms with Crippen LogP contribution in [-0.2, 0) is 9.53 Å². The van der Waals surface area contributed by atoms with Crippen molar-refractivity contribution in [2.45, 2.75) is 116 Å². The Labute approximate surface area is 174 Å². The van der Waals surface area contributed by atoms with Crippen LogP contribution in [0.3, 0.4) is 0 Å². The summed E-state index contributed by atoms with van der Waals surface area (Å²) in [6.07, 6.45) is 27.9. The van der Waals surface area contributed by atoms with Crippen molar-refractivity contribution in [1.82, 2.24) is 5.32 Å². The van der Waals surface area contributed by atoms with Gasteiger partial charge < -0.3 is 10.1 Å². The monoisotopic (exact) mass is 391 g/mol. The highest BCUT2D eigenvalue weighted by Gasteiger charge is 2.12. The van der Waals surface area contributed by atoms with E-state index in [0.717, 1.165) is 32.2 Å². The number of esters is 1. The minimum atomic E-state index is -0.0125. The van der Waals surface area contributed by atoms with Gasteiger partial charge in [-0.15, -0.1) is 0 Å². The summed E-state index contributed by atoms with van der Waals surface area (Å²) in [6.45, 7) is 3.94. The van der Waals surface area contributed by atoms with Crippen LogP contribution in [0.2, 0.25) is 0 Å². The molecule has 28 heavy (non-hydrogen) atoms. The second kappa shape index (κ2) is 19.2. The minimum Gasteiger partial charge on any atom is -0.466 e. The number of ether oxygens (including phenoxy) is 1. The van der Waals surface area contributed by atoms with Crippen molar-refractivity contribution < 1.29 is 9.53 Å². The van der Waals surface area contributed by atoms with Gasteiger partial charge in [-0.3, -0.25) is 4.79 Å². The highest BCUT2D eigenvalue weighted by Crippen LogP contribution is 2.11. The molecule has 0 aliphatic carbocycles. The molecular formula is C25H45NO2. The van der Waals surface area contributed by atoms with Crippen molar-refractivity contribution in [2.24, 2.45) is 0 Å². The van der Waals surface area contributed by atoms with E-state index in [9.17, 15) is 4.79 Å². The summed E-state index contributed by atoms with van der Waals surface area (Å²) in [4.78, 5) is 11.8. The Morgan fingerprint density at radius 3 is 2.36 bits per heavy atom. The van der Waals surface area contributed by atoms with Crippen LogP contribution < -0.4 is 5.32 Å². The number of hydrogen-bond donors (Lipinski definition) is 1. The van der Waals surface area contributed by atoms with Gasteiger partial charge in [-0.25, -0.2) is 0 Å². The maximum Gasteiger partial charge on any atom is 0.305 e. The first kappa shape index (κ1) is 24.9. The van der Waals surface area contributed by atoms with Gasteiger partial charge in [0.2, 0.25) is 0 Å².